The monoisotopic (exact) mass is 295 g/mol. The molecule has 0 aliphatic heterocycles. The third-order valence-corrected chi connectivity index (χ3v) is 0.390. The summed E-state index contributed by atoms with van der Waals surface area (Å²) in [6.45, 7) is 1.42. The molecule has 0 amide bonds. The zero-order valence-corrected chi connectivity index (χ0v) is 12.8. The Bertz CT molecular complexity index is 72.8. The smallest absolute Gasteiger partial charge is 0.320 e. The van der Waals surface area contributed by atoms with Gasteiger partial charge in [0.15, 0.2) is 0 Å². The topological polar surface area (TPSA) is 63.3 Å². The van der Waals surface area contributed by atoms with Crippen LogP contribution >= 0.6 is 0 Å². The second kappa shape index (κ2) is 12.2. The first kappa shape index (κ1) is 22.4. The maximum atomic E-state index is 9.57. The minimum Gasteiger partial charge on any atom is -0.480 e. The molecule has 0 unspecified atom stereocenters. The van der Waals surface area contributed by atoms with Crippen LogP contribution in [0.15, 0.2) is 0 Å². The van der Waals surface area contributed by atoms with Gasteiger partial charge in [-0.3, -0.25) is 4.79 Å². The quantitative estimate of drug-likeness (QED) is 0.588. The number of aliphatic carboxylic acids is 1. The summed E-state index contributed by atoms with van der Waals surface area (Å²) in [6.07, 6.45) is 0. The van der Waals surface area contributed by atoms with E-state index in [9.17, 15) is 4.79 Å². The average Bonchev–Trinajstić information content (AvgIpc) is 1.36. The molecule has 6 heteroatoms. The Morgan fingerprint density at radius 2 is 1.78 bits per heavy atom. The summed E-state index contributed by atoms with van der Waals surface area (Å²) >= 11 is 0. The maximum Gasteiger partial charge on any atom is 0.320 e. The zero-order chi connectivity index (χ0) is 5.15. The predicted molar refractivity (Wildman–Crippen MR) is 32.8 cm³/mol. The number of hydrogen-bond acceptors (Lipinski definition) is 2. The van der Waals surface area contributed by atoms with Gasteiger partial charge in [0.1, 0.15) is 6.04 Å². The number of nitrogens with two attached hydrogens (primary N) is 1. The van der Waals surface area contributed by atoms with Gasteiger partial charge in [0.25, 0.3) is 0 Å². The van der Waals surface area contributed by atoms with Crippen molar-refractivity contribution in [2.24, 2.45) is 5.73 Å². The molecule has 0 bridgehead atoms. The van der Waals surface area contributed by atoms with Gasteiger partial charge in [-0.15, -0.1) is 0 Å². The minimum absolute atomic E-state index is 0. The fourth-order valence-corrected chi connectivity index (χ4v) is 0. The summed E-state index contributed by atoms with van der Waals surface area (Å²) in [4.78, 5) is 9.57. The SMILES string of the molecule is C[C@H](N)C(=O)O.[Al].[In].[Zn]. The molecule has 0 saturated carbocycles. The molecule has 44 valence electrons. The number of carbonyl (C=O) groups is 1. The van der Waals surface area contributed by atoms with Gasteiger partial charge < -0.3 is 10.8 Å². The Morgan fingerprint density at radius 1 is 1.67 bits per heavy atom. The molecule has 0 spiro atoms. The first-order valence-electron chi connectivity index (χ1n) is 1.63. The van der Waals surface area contributed by atoms with Crippen molar-refractivity contribution < 1.29 is 29.4 Å². The molecule has 0 fully saturated rings. The van der Waals surface area contributed by atoms with E-state index in [-0.39, 0.29) is 62.7 Å². The van der Waals surface area contributed by atoms with Gasteiger partial charge in [0.2, 0.25) is 0 Å². The van der Waals surface area contributed by atoms with Crippen LogP contribution in [0.2, 0.25) is 0 Å². The molecule has 0 aliphatic carbocycles. The molecule has 3 nitrogen and oxygen atoms in total. The van der Waals surface area contributed by atoms with Crippen LogP contribution in [0.1, 0.15) is 6.92 Å². The van der Waals surface area contributed by atoms with Crippen molar-refractivity contribution >= 4 is 49.2 Å². The van der Waals surface area contributed by atoms with E-state index in [1.54, 1.807) is 0 Å². The van der Waals surface area contributed by atoms with Crippen molar-refractivity contribution in [2.45, 2.75) is 13.0 Å². The Balaban J connectivity index is -0.0000000417. The largest absolute Gasteiger partial charge is 0.480 e. The molecule has 3 N–H and O–H groups in total. The Morgan fingerprint density at radius 3 is 1.78 bits per heavy atom. The van der Waals surface area contributed by atoms with Crippen LogP contribution in [-0.4, -0.2) is 60.3 Å². The van der Waals surface area contributed by atoms with Gasteiger partial charge in [-0.2, -0.15) is 0 Å². The summed E-state index contributed by atoms with van der Waals surface area (Å²) in [5.41, 5.74) is 4.84. The molecular weight excluding hydrogens is 289 g/mol. The molecule has 0 aromatic carbocycles. The van der Waals surface area contributed by atoms with Crippen molar-refractivity contribution in [1.82, 2.24) is 0 Å². The van der Waals surface area contributed by atoms with E-state index in [0.717, 1.165) is 0 Å². The van der Waals surface area contributed by atoms with Crippen LogP contribution in [0.5, 0.6) is 0 Å². The fourth-order valence-electron chi connectivity index (χ4n) is 0. The molecule has 0 aromatic heterocycles. The molecule has 0 heterocycles. The number of hydrogen-bond donors (Lipinski definition) is 2. The number of rotatable bonds is 1. The molecule has 1 atom stereocenters. The van der Waals surface area contributed by atoms with Gasteiger partial charge in [0.05, 0.1) is 0 Å². The first-order valence-corrected chi connectivity index (χ1v) is 1.63. The third kappa shape index (κ3) is 17.7. The molecular formula is C3H7AlInNO2Zn. The van der Waals surface area contributed by atoms with E-state index in [0.29, 0.717) is 0 Å². The first-order chi connectivity index (χ1) is 2.64. The van der Waals surface area contributed by atoms with E-state index in [1.807, 2.05) is 0 Å². The molecule has 6 radical (unpaired) electrons. The van der Waals surface area contributed by atoms with Crippen molar-refractivity contribution in [3.8, 4) is 0 Å². The van der Waals surface area contributed by atoms with Crippen molar-refractivity contribution in [1.29, 1.82) is 0 Å². The van der Waals surface area contributed by atoms with Crippen molar-refractivity contribution in [3.63, 3.8) is 0 Å². The van der Waals surface area contributed by atoms with Gasteiger partial charge >= 0.3 is 5.97 Å². The van der Waals surface area contributed by atoms with Crippen LogP contribution in [0.3, 0.4) is 0 Å². The van der Waals surface area contributed by atoms with Gasteiger partial charge in [-0.1, -0.05) is 0 Å². The van der Waals surface area contributed by atoms with Gasteiger partial charge in [0, 0.05) is 62.7 Å². The maximum absolute atomic E-state index is 9.57. The van der Waals surface area contributed by atoms with Crippen LogP contribution in [0.4, 0.5) is 0 Å². The van der Waals surface area contributed by atoms with Gasteiger partial charge in [-0.05, 0) is 6.92 Å². The summed E-state index contributed by atoms with van der Waals surface area (Å²) in [6, 6.07) is -0.731. The van der Waals surface area contributed by atoms with E-state index in [2.05, 4.69) is 0 Å². The molecule has 0 aliphatic rings. The Hall–Kier alpha value is 1.46. The summed E-state index contributed by atoms with van der Waals surface area (Å²) in [5.74, 6) is -0.963. The Kier molecular flexibility index (Phi) is 30.3. The van der Waals surface area contributed by atoms with E-state index in [4.69, 9.17) is 10.8 Å². The second-order valence-electron chi connectivity index (χ2n) is 1.13. The van der Waals surface area contributed by atoms with Crippen LogP contribution < -0.4 is 5.73 Å². The zero-order valence-electron chi connectivity index (χ0n) is 5.37. The predicted octanol–water partition coefficient (Wildman–Crippen LogP) is -1.35. The molecule has 9 heavy (non-hydrogen) atoms. The molecule has 0 rings (SSSR count). The van der Waals surface area contributed by atoms with E-state index >= 15 is 0 Å². The minimum atomic E-state index is -0.963. The van der Waals surface area contributed by atoms with Crippen molar-refractivity contribution in [2.75, 3.05) is 0 Å². The summed E-state index contributed by atoms with van der Waals surface area (Å²) in [5, 5.41) is 7.87. The van der Waals surface area contributed by atoms with Crippen LogP contribution in [0.25, 0.3) is 0 Å². The second-order valence-corrected chi connectivity index (χ2v) is 1.13. The fraction of sp³-hybridized carbons (Fsp3) is 0.667. The normalized spacial score (nSPS) is 9.11. The molecule has 0 aromatic rings. The third-order valence-electron chi connectivity index (χ3n) is 0.390. The average molecular weight is 296 g/mol. The van der Waals surface area contributed by atoms with Crippen LogP contribution in [0, 0.1) is 0 Å². The van der Waals surface area contributed by atoms with E-state index in [1.165, 1.54) is 6.92 Å². The van der Waals surface area contributed by atoms with E-state index < -0.39 is 12.0 Å². The van der Waals surface area contributed by atoms with Crippen molar-refractivity contribution in [3.05, 3.63) is 0 Å². The summed E-state index contributed by atoms with van der Waals surface area (Å²) < 4.78 is 0. The summed E-state index contributed by atoms with van der Waals surface area (Å²) in [7, 11) is 0. The molecule has 0 saturated heterocycles. The van der Waals surface area contributed by atoms with Gasteiger partial charge in [-0.25, -0.2) is 0 Å². The number of carboxylic acid groups (broad SMARTS) is 1. The Labute approximate surface area is 96.4 Å². The van der Waals surface area contributed by atoms with Crippen LogP contribution in [-0.2, 0) is 24.3 Å². The number of carboxylic acids is 1. The standard InChI is InChI=1S/C3H7NO2.Al.In.Zn/c1-2(4)3(5)6;;;/h2H,4H2,1H3,(H,5,6);;;/t2-;;;/m0.../s1.